The van der Waals surface area contributed by atoms with Gasteiger partial charge in [-0.25, -0.2) is 0 Å². The summed E-state index contributed by atoms with van der Waals surface area (Å²) in [6.45, 7) is 1.68. The van der Waals surface area contributed by atoms with Crippen LogP contribution in [0.2, 0.25) is 5.02 Å². The topological polar surface area (TPSA) is 49.8 Å². The van der Waals surface area contributed by atoms with Gasteiger partial charge in [0.2, 0.25) is 0 Å². The summed E-state index contributed by atoms with van der Waals surface area (Å²) in [5, 5.41) is 9.32. The van der Waals surface area contributed by atoms with Crippen LogP contribution in [0, 0.1) is 14.9 Å². The number of nitrogens with two attached hydrogens (primary N) is 1. The van der Waals surface area contributed by atoms with Crippen LogP contribution < -0.4 is 5.73 Å². The molecule has 0 radical (unpaired) electrons. The van der Waals surface area contributed by atoms with Crippen LogP contribution in [0.5, 0.6) is 0 Å². The highest BCUT2D eigenvalue weighted by Crippen LogP contribution is 2.23. The van der Waals surface area contributed by atoms with E-state index in [4.69, 9.17) is 22.6 Å². The minimum Gasteiger partial charge on any atom is -0.397 e. The Morgan fingerprint density at radius 3 is 2.71 bits per heavy atom. The summed E-state index contributed by atoms with van der Waals surface area (Å²) in [6, 6.07) is 7.49. The number of hydrogen-bond acceptors (Lipinski definition) is 2. The molecule has 0 atom stereocenters. The van der Waals surface area contributed by atoms with Gasteiger partial charge < -0.3 is 5.73 Å². The Balaban J connectivity index is 3.24. The number of rotatable bonds is 1. The van der Waals surface area contributed by atoms with Gasteiger partial charge in [-0.05, 0) is 47.2 Å². The van der Waals surface area contributed by atoms with E-state index in [0.29, 0.717) is 16.3 Å². The number of allylic oxidation sites excluding steroid dienone is 1. The third-order valence-corrected chi connectivity index (χ3v) is 3.37. The predicted octanol–water partition coefficient (Wildman–Crippen LogP) is 3.16. The van der Waals surface area contributed by atoms with E-state index < -0.39 is 0 Å². The summed E-state index contributed by atoms with van der Waals surface area (Å²) in [4.78, 5) is 0. The van der Waals surface area contributed by atoms with E-state index in [9.17, 15) is 0 Å². The maximum Gasteiger partial charge on any atom is 0.0965 e. The van der Waals surface area contributed by atoms with Gasteiger partial charge in [0.1, 0.15) is 0 Å². The van der Waals surface area contributed by atoms with Crippen molar-refractivity contribution in [1.82, 2.24) is 0 Å². The zero-order valence-electron chi connectivity index (χ0n) is 7.51. The molecule has 0 aliphatic heterocycles. The first-order chi connectivity index (χ1) is 6.56. The van der Waals surface area contributed by atoms with Crippen molar-refractivity contribution in [3.8, 4) is 6.07 Å². The molecule has 4 heteroatoms. The first kappa shape index (κ1) is 11.3. The molecule has 2 N–H and O–H groups in total. The second kappa shape index (κ2) is 4.67. The standard InChI is InChI=1S/C10H8ClIN2/c1-6(5-13)10(14)7-2-3-9(12)8(11)4-7/h2-4H,14H2,1H3/b10-6-. The van der Waals surface area contributed by atoms with Crippen molar-refractivity contribution in [1.29, 1.82) is 5.26 Å². The van der Waals surface area contributed by atoms with E-state index in [1.54, 1.807) is 13.0 Å². The number of halogens is 2. The molecule has 0 saturated heterocycles. The molecule has 0 aliphatic carbocycles. The fourth-order valence-corrected chi connectivity index (χ4v) is 1.46. The van der Waals surface area contributed by atoms with Crippen LogP contribution in [0.3, 0.4) is 0 Å². The molecule has 0 spiro atoms. The summed E-state index contributed by atoms with van der Waals surface area (Å²) in [5.74, 6) is 0. The van der Waals surface area contributed by atoms with Crippen LogP contribution in [0.25, 0.3) is 5.70 Å². The first-order valence-electron chi connectivity index (χ1n) is 3.88. The van der Waals surface area contributed by atoms with Gasteiger partial charge in [0, 0.05) is 9.14 Å². The van der Waals surface area contributed by atoms with Gasteiger partial charge in [-0.1, -0.05) is 17.7 Å². The van der Waals surface area contributed by atoms with Crippen molar-refractivity contribution < 1.29 is 0 Å². The lowest BCUT2D eigenvalue weighted by Crippen LogP contribution is -1.99. The zero-order valence-corrected chi connectivity index (χ0v) is 10.4. The normalized spacial score (nSPS) is 11.9. The van der Waals surface area contributed by atoms with Crippen molar-refractivity contribution in [3.05, 3.63) is 37.9 Å². The lowest BCUT2D eigenvalue weighted by molar-refractivity contribution is 1.39. The first-order valence-corrected chi connectivity index (χ1v) is 5.33. The monoisotopic (exact) mass is 318 g/mol. The predicted molar refractivity (Wildman–Crippen MR) is 66.6 cm³/mol. The van der Waals surface area contributed by atoms with Crippen LogP contribution in [0.4, 0.5) is 0 Å². The Hall–Kier alpha value is -0.730. The van der Waals surface area contributed by atoms with Crippen LogP contribution in [0.15, 0.2) is 23.8 Å². The Morgan fingerprint density at radius 1 is 1.57 bits per heavy atom. The SMILES string of the molecule is C/C(C#N)=C(/N)c1ccc(I)c(Cl)c1. The van der Waals surface area contributed by atoms with Crippen LogP contribution in [0.1, 0.15) is 12.5 Å². The molecular formula is C10H8ClIN2. The van der Waals surface area contributed by atoms with Gasteiger partial charge in [0.15, 0.2) is 0 Å². The fourth-order valence-electron chi connectivity index (χ4n) is 0.940. The molecule has 1 aromatic rings. The van der Waals surface area contributed by atoms with Crippen LogP contribution in [-0.4, -0.2) is 0 Å². The van der Waals surface area contributed by atoms with Crippen molar-refractivity contribution in [2.45, 2.75) is 6.92 Å². The third-order valence-electron chi connectivity index (χ3n) is 1.80. The quantitative estimate of drug-likeness (QED) is 0.639. The van der Waals surface area contributed by atoms with Gasteiger partial charge in [-0.2, -0.15) is 5.26 Å². The molecule has 0 unspecified atom stereocenters. The molecule has 0 saturated carbocycles. The smallest absolute Gasteiger partial charge is 0.0965 e. The van der Waals surface area contributed by atoms with E-state index in [1.165, 1.54) is 0 Å². The number of nitrogens with zero attached hydrogens (tertiary/aromatic N) is 1. The molecule has 0 aromatic heterocycles. The average molecular weight is 319 g/mol. The maximum atomic E-state index is 8.67. The Labute approximate surface area is 101 Å². The van der Waals surface area contributed by atoms with Crippen LogP contribution in [-0.2, 0) is 0 Å². The highest BCUT2D eigenvalue weighted by molar-refractivity contribution is 14.1. The maximum absolute atomic E-state index is 8.67. The molecular weight excluding hydrogens is 310 g/mol. The number of benzene rings is 1. The molecule has 0 heterocycles. The second-order valence-electron chi connectivity index (χ2n) is 2.78. The summed E-state index contributed by atoms with van der Waals surface area (Å²) in [7, 11) is 0. The minimum absolute atomic E-state index is 0.478. The van der Waals surface area contributed by atoms with Gasteiger partial charge in [-0.3, -0.25) is 0 Å². The highest BCUT2D eigenvalue weighted by Gasteiger charge is 2.03. The van der Waals surface area contributed by atoms with Gasteiger partial charge in [0.25, 0.3) is 0 Å². The van der Waals surface area contributed by atoms with E-state index >= 15 is 0 Å². The van der Waals surface area contributed by atoms with E-state index in [0.717, 1.165) is 9.13 Å². The van der Waals surface area contributed by atoms with Gasteiger partial charge in [0.05, 0.1) is 16.8 Å². The fraction of sp³-hybridized carbons (Fsp3) is 0.100. The van der Waals surface area contributed by atoms with Crippen molar-refractivity contribution in [3.63, 3.8) is 0 Å². The van der Waals surface area contributed by atoms with Crippen molar-refractivity contribution in [2.24, 2.45) is 5.73 Å². The summed E-state index contributed by atoms with van der Waals surface area (Å²) >= 11 is 8.07. The molecule has 0 aliphatic rings. The molecule has 72 valence electrons. The van der Waals surface area contributed by atoms with E-state index in [2.05, 4.69) is 22.6 Å². The number of hydrogen-bond donors (Lipinski definition) is 1. The van der Waals surface area contributed by atoms with Gasteiger partial charge in [-0.15, -0.1) is 0 Å². The van der Waals surface area contributed by atoms with Crippen molar-refractivity contribution >= 4 is 39.9 Å². The van der Waals surface area contributed by atoms with E-state index in [-0.39, 0.29) is 0 Å². The lowest BCUT2D eigenvalue weighted by Gasteiger charge is -2.04. The number of nitriles is 1. The molecule has 0 bridgehead atoms. The van der Waals surface area contributed by atoms with Gasteiger partial charge >= 0.3 is 0 Å². The third kappa shape index (κ3) is 2.40. The minimum atomic E-state index is 0.478. The molecule has 0 fully saturated rings. The lowest BCUT2D eigenvalue weighted by atomic mass is 10.1. The van der Waals surface area contributed by atoms with Crippen LogP contribution >= 0.6 is 34.2 Å². The summed E-state index contributed by atoms with van der Waals surface area (Å²) in [5.41, 5.74) is 7.53. The summed E-state index contributed by atoms with van der Waals surface area (Å²) in [6.07, 6.45) is 0. The average Bonchev–Trinajstić information content (AvgIpc) is 2.20. The second-order valence-corrected chi connectivity index (χ2v) is 4.35. The molecule has 0 amide bonds. The Bertz CT molecular complexity index is 432. The Kier molecular flexibility index (Phi) is 3.78. The molecule has 1 rings (SSSR count). The van der Waals surface area contributed by atoms with Crippen molar-refractivity contribution in [2.75, 3.05) is 0 Å². The Morgan fingerprint density at radius 2 is 2.21 bits per heavy atom. The molecule has 1 aromatic carbocycles. The van der Waals surface area contributed by atoms with E-state index in [1.807, 2.05) is 18.2 Å². The molecule has 14 heavy (non-hydrogen) atoms. The summed E-state index contributed by atoms with van der Waals surface area (Å²) < 4.78 is 0.968. The largest absolute Gasteiger partial charge is 0.397 e. The zero-order chi connectivity index (χ0) is 10.7. The highest BCUT2D eigenvalue weighted by atomic mass is 127. The molecule has 2 nitrogen and oxygen atoms in total.